The summed E-state index contributed by atoms with van der Waals surface area (Å²) in [5, 5.41) is 5.50. The molecular formula is C26H32FN5O2. The number of hydrogen-bond donors (Lipinski definition) is 4. The van der Waals surface area contributed by atoms with Gasteiger partial charge in [0, 0.05) is 19.0 Å². The first-order valence-corrected chi connectivity index (χ1v) is 12.2. The summed E-state index contributed by atoms with van der Waals surface area (Å²) in [7, 11) is 0. The van der Waals surface area contributed by atoms with E-state index in [9.17, 15) is 14.0 Å². The van der Waals surface area contributed by atoms with Gasteiger partial charge in [-0.1, -0.05) is 42.5 Å². The summed E-state index contributed by atoms with van der Waals surface area (Å²) in [6, 6.07) is 16.6. The van der Waals surface area contributed by atoms with Gasteiger partial charge in [-0.3, -0.25) is 15.5 Å². The number of nitrogens with one attached hydrogen (secondary N) is 4. The molecule has 4 N–H and O–H groups in total. The molecule has 7 nitrogen and oxygen atoms in total. The highest BCUT2D eigenvalue weighted by Gasteiger charge is 2.51. The van der Waals surface area contributed by atoms with Crippen LogP contribution in [0.5, 0.6) is 0 Å². The van der Waals surface area contributed by atoms with Crippen LogP contribution in [0.1, 0.15) is 36.4 Å². The Morgan fingerprint density at radius 1 is 1.00 bits per heavy atom. The third-order valence-corrected chi connectivity index (χ3v) is 7.72. The highest BCUT2D eigenvalue weighted by atomic mass is 19.1. The first-order chi connectivity index (χ1) is 16.5. The van der Waals surface area contributed by atoms with Gasteiger partial charge in [-0.05, 0) is 68.0 Å². The van der Waals surface area contributed by atoms with Gasteiger partial charge in [0.2, 0.25) is 0 Å². The number of urea groups is 1. The average molecular weight is 466 g/mol. The number of benzene rings is 2. The number of hydrogen-bond acceptors (Lipinski definition) is 5. The maximum absolute atomic E-state index is 13.3. The Morgan fingerprint density at radius 3 is 2.41 bits per heavy atom. The number of hydrazine groups is 1. The van der Waals surface area contributed by atoms with Gasteiger partial charge >= 0.3 is 6.03 Å². The Hall–Kier alpha value is -2.81. The average Bonchev–Trinajstić information content (AvgIpc) is 3.43. The van der Waals surface area contributed by atoms with Crippen LogP contribution >= 0.6 is 0 Å². The predicted molar refractivity (Wildman–Crippen MR) is 127 cm³/mol. The molecule has 3 heterocycles. The minimum absolute atomic E-state index is 0.103. The summed E-state index contributed by atoms with van der Waals surface area (Å²) in [6.45, 7) is 3.53. The third kappa shape index (κ3) is 4.71. The van der Waals surface area contributed by atoms with Crippen molar-refractivity contribution in [3.63, 3.8) is 0 Å². The molecule has 0 saturated carbocycles. The molecule has 8 heteroatoms. The number of amides is 3. The quantitative estimate of drug-likeness (QED) is 0.472. The van der Waals surface area contributed by atoms with Crippen molar-refractivity contribution in [1.29, 1.82) is 0 Å². The summed E-state index contributed by atoms with van der Waals surface area (Å²) >= 11 is 0. The zero-order valence-electron chi connectivity index (χ0n) is 19.2. The van der Waals surface area contributed by atoms with Crippen LogP contribution in [0.4, 0.5) is 9.18 Å². The standard InChI is InChI=1S/C26H32FN5O2/c27-22-8-6-19(7-9-22)23-20(16-28-31-23)17-32-14-11-21(12-15-32)26(24(33)29-25(34)30-26)13-10-18-4-2-1-3-5-18/h1-9,20-21,23,28,31H,10-17H2,(H2,29,30,33,34). The lowest BCUT2D eigenvalue weighted by atomic mass is 9.74. The van der Waals surface area contributed by atoms with Crippen molar-refractivity contribution in [3.05, 3.63) is 71.5 Å². The summed E-state index contributed by atoms with van der Waals surface area (Å²) < 4.78 is 13.3. The molecule has 3 aliphatic heterocycles. The second kappa shape index (κ2) is 9.82. The SMILES string of the molecule is O=C1NC(=O)C(CCc2ccccc2)(C2CCN(CC3CNNC3c3ccc(F)cc3)CC2)N1. The molecule has 5 rings (SSSR count). The topological polar surface area (TPSA) is 85.5 Å². The Bertz CT molecular complexity index is 1010. The van der Waals surface area contributed by atoms with Crippen molar-refractivity contribution in [2.24, 2.45) is 11.8 Å². The maximum Gasteiger partial charge on any atom is 0.322 e. The van der Waals surface area contributed by atoms with Crippen LogP contribution in [0.3, 0.4) is 0 Å². The first kappa shape index (κ1) is 23.0. The number of likely N-dealkylation sites (tertiary alicyclic amines) is 1. The van der Waals surface area contributed by atoms with E-state index in [0.717, 1.165) is 51.0 Å². The maximum atomic E-state index is 13.3. The molecule has 3 atom stereocenters. The summed E-state index contributed by atoms with van der Waals surface area (Å²) in [5.74, 6) is 0.0557. The number of nitrogens with zero attached hydrogens (tertiary/aromatic N) is 1. The van der Waals surface area contributed by atoms with Gasteiger partial charge in [-0.2, -0.15) is 0 Å². The van der Waals surface area contributed by atoms with Crippen molar-refractivity contribution in [1.82, 2.24) is 26.4 Å². The molecule has 34 heavy (non-hydrogen) atoms. The van der Waals surface area contributed by atoms with Gasteiger partial charge in [0.05, 0.1) is 6.04 Å². The zero-order valence-corrected chi connectivity index (χ0v) is 19.2. The van der Waals surface area contributed by atoms with E-state index < -0.39 is 5.54 Å². The molecule has 2 aromatic carbocycles. The van der Waals surface area contributed by atoms with Crippen molar-refractivity contribution in [2.75, 3.05) is 26.2 Å². The summed E-state index contributed by atoms with van der Waals surface area (Å²) in [6.07, 6.45) is 3.06. The molecule has 0 aliphatic carbocycles. The molecule has 3 saturated heterocycles. The van der Waals surface area contributed by atoms with Crippen molar-refractivity contribution in [2.45, 2.75) is 37.3 Å². The second-order valence-corrected chi connectivity index (χ2v) is 9.75. The van der Waals surface area contributed by atoms with E-state index in [1.165, 1.54) is 17.7 Å². The Labute approximate surface area is 199 Å². The highest BCUT2D eigenvalue weighted by molar-refractivity contribution is 6.07. The Balaban J connectivity index is 1.21. The normalized spacial score (nSPS) is 28.1. The fourth-order valence-corrected chi connectivity index (χ4v) is 5.83. The van der Waals surface area contributed by atoms with E-state index in [0.29, 0.717) is 12.3 Å². The van der Waals surface area contributed by atoms with E-state index in [1.807, 2.05) is 30.3 Å². The van der Waals surface area contributed by atoms with Gasteiger partial charge in [-0.15, -0.1) is 0 Å². The van der Waals surface area contributed by atoms with E-state index in [1.54, 1.807) is 0 Å². The number of carbonyl (C=O) groups excluding carboxylic acids is 2. The molecule has 3 unspecified atom stereocenters. The number of rotatable bonds is 7. The van der Waals surface area contributed by atoms with E-state index in [2.05, 4.69) is 38.5 Å². The fourth-order valence-electron chi connectivity index (χ4n) is 5.83. The number of aryl methyl sites for hydroxylation is 1. The molecule has 3 amide bonds. The van der Waals surface area contributed by atoms with Gasteiger partial charge in [0.25, 0.3) is 5.91 Å². The van der Waals surface area contributed by atoms with Crippen molar-refractivity contribution < 1.29 is 14.0 Å². The van der Waals surface area contributed by atoms with Gasteiger partial charge in [0.1, 0.15) is 11.4 Å². The molecule has 3 fully saturated rings. The third-order valence-electron chi connectivity index (χ3n) is 7.72. The summed E-state index contributed by atoms with van der Waals surface area (Å²) in [4.78, 5) is 27.5. The lowest BCUT2D eigenvalue weighted by molar-refractivity contribution is -0.127. The van der Waals surface area contributed by atoms with Gasteiger partial charge in [0.15, 0.2) is 0 Å². The largest absolute Gasteiger partial charge is 0.323 e. The van der Waals surface area contributed by atoms with Crippen LogP contribution < -0.4 is 21.5 Å². The van der Waals surface area contributed by atoms with Gasteiger partial charge in [-0.25, -0.2) is 14.6 Å². The number of halogens is 1. The number of imide groups is 1. The molecule has 3 aliphatic rings. The highest BCUT2D eigenvalue weighted by Crippen LogP contribution is 2.35. The fraction of sp³-hybridized carbons (Fsp3) is 0.462. The molecule has 0 aromatic heterocycles. The monoisotopic (exact) mass is 465 g/mol. The number of piperidine rings is 1. The Morgan fingerprint density at radius 2 is 1.74 bits per heavy atom. The van der Waals surface area contributed by atoms with E-state index >= 15 is 0 Å². The lowest BCUT2D eigenvalue weighted by Crippen LogP contribution is -2.56. The lowest BCUT2D eigenvalue weighted by Gasteiger charge is -2.41. The van der Waals surface area contributed by atoms with Crippen LogP contribution in [0.25, 0.3) is 0 Å². The van der Waals surface area contributed by atoms with Crippen molar-refractivity contribution >= 4 is 11.9 Å². The van der Waals surface area contributed by atoms with Crippen LogP contribution in [0, 0.1) is 17.7 Å². The molecule has 0 bridgehead atoms. The van der Waals surface area contributed by atoms with Crippen LogP contribution in [0.2, 0.25) is 0 Å². The second-order valence-electron chi connectivity index (χ2n) is 9.75. The molecule has 0 radical (unpaired) electrons. The van der Waals surface area contributed by atoms with Crippen molar-refractivity contribution in [3.8, 4) is 0 Å². The van der Waals surface area contributed by atoms with E-state index in [-0.39, 0.29) is 29.7 Å². The van der Waals surface area contributed by atoms with Crippen LogP contribution in [0.15, 0.2) is 54.6 Å². The van der Waals surface area contributed by atoms with Crippen LogP contribution in [-0.4, -0.2) is 48.6 Å². The molecule has 2 aromatic rings. The Kier molecular flexibility index (Phi) is 6.63. The van der Waals surface area contributed by atoms with Crippen LogP contribution in [-0.2, 0) is 11.2 Å². The first-order valence-electron chi connectivity index (χ1n) is 12.2. The minimum atomic E-state index is -0.841. The molecule has 180 valence electrons. The van der Waals surface area contributed by atoms with E-state index in [4.69, 9.17) is 0 Å². The minimum Gasteiger partial charge on any atom is -0.323 e. The molecule has 0 spiro atoms. The smallest absolute Gasteiger partial charge is 0.322 e. The predicted octanol–water partition coefficient (Wildman–Crippen LogP) is 2.51. The molecular weight excluding hydrogens is 433 g/mol. The zero-order chi connectivity index (χ0) is 23.5. The summed E-state index contributed by atoms with van der Waals surface area (Å²) in [5.41, 5.74) is 8.00. The van der Waals surface area contributed by atoms with Gasteiger partial charge < -0.3 is 10.2 Å². The number of carbonyl (C=O) groups is 2.